The fourth-order valence-electron chi connectivity index (χ4n) is 6.94. The second-order valence-electron chi connectivity index (χ2n) is 10.1. The van der Waals surface area contributed by atoms with Crippen LogP contribution in [0.4, 0.5) is 0 Å². The molecule has 2 saturated heterocycles. The van der Waals surface area contributed by atoms with E-state index >= 15 is 0 Å². The molecule has 0 aromatic heterocycles. The molecule has 4 atom stereocenters. The smallest absolute Gasteiger partial charge is 0.162 e. The van der Waals surface area contributed by atoms with Gasteiger partial charge in [-0.3, -0.25) is 0 Å². The summed E-state index contributed by atoms with van der Waals surface area (Å²) in [5.74, 6) is -0.189. The van der Waals surface area contributed by atoms with Gasteiger partial charge in [-0.25, -0.2) is 8.42 Å². The van der Waals surface area contributed by atoms with E-state index in [1.165, 1.54) is 0 Å². The van der Waals surface area contributed by atoms with Crippen molar-refractivity contribution >= 4 is 20.6 Å². The average Bonchev–Trinajstić information content (AvgIpc) is 3.33. The molecule has 0 unspecified atom stereocenters. The van der Waals surface area contributed by atoms with Crippen LogP contribution in [0.3, 0.4) is 0 Å². The monoisotopic (exact) mass is 452 g/mol. The lowest BCUT2D eigenvalue weighted by Gasteiger charge is -2.56. The van der Waals surface area contributed by atoms with Gasteiger partial charge in [0.2, 0.25) is 0 Å². The Bertz CT molecular complexity index is 1540. The molecule has 4 aromatic carbocycles. The van der Waals surface area contributed by atoms with Crippen LogP contribution in [-0.2, 0) is 25.8 Å². The Balaban J connectivity index is 1.67. The van der Waals surface area contributed by atoms with E-state index in [9.17, 15) is 8.42 Å². The number of hydrogen-bond donors (Lipinski definition) is 0. The van der Waals surface area contributed by atoms with Crippen LogP contribution in [0.1, 0.15) is 36.1 Å². The molecular weight excluding hydrogens is 428 g/mol. The molecule has 0 spiro atoms. The average molecular weight is 453 g/mol. The Morgan fingerprint density at radius 1 is 0.667 bits per heavy atom. The molecule has 3 heterocycles. The van der Waals surface area contributed by atoms with Crippen molar-refractivity contribution in [2.24, 2.45) is 5.92 Å². The quantitative estimate of drug-likeness (QED) is 0.400. The van der Waals surface area contributed by atoms with Crippen LogP contribution in [-0.4, -0.2) is 18.4 Å². The summed E-state index contributed by atoms with van der Waals surface area (Å²) in [6, 6.07) is 32.8. The van der Waals surface area contributed by atoms with E-state index in [2.05, 4.69) is 36.4 Å². The van der Waals surface area contributed by atoms with Gasteiger partial charge in [-0.15, -0.1) is 0 Å². The fourth-order valence-corrected chi connectivity index (χ4v) is 9.66. The minimum absolute atomic E-state index is 0.189. The fraction of sp³-hybridized carbons (Fsp3) is 0.241. The summed E-state index contributed by atoms with van der Waals surface area (Å²) in [5.41, 5.74) is 2.16. The van der Waals surface area contributed by atoms with Gasteiger partial charge in [0.1, 0.15) is 16.5 Å². The molecule has 0 saturated carbocycles. The highest BCUT2D eigenvalue weighted by atomic mass is 32.2. The Morgan fingerprint density at radius 2 is 1.12 bits per heavy atom. The van der Waals surface area contributed by atoms with E-state index in [4.69, 9.17) is 4.74 Å². The first-order valence-corrected chi connectivity index (χ1v) is 13.0. The van der Waals surface area contributed by atoms with Crippen LogP contribution in [0, 0.1) is 5.92 Å². The second kappa shape index (κ2) is 5.94. The van der Waals surface area contributed by atoms with Crippen molar-refractivity contribution in [1.82, 2.24) is 0 Å². The van der Waals surface area contributed by atoms with Gasteiger partial charge in [0, 0.05) is 5.92 Å². The summed E-state index contributed by atoms with van der Waals surface area (Å²) in [4.78, 5) is 0. The zero-order chi connectivity index (χ0) is 22.6. The van der Waals surface area contributed by atoms with Crippen LogP contribution in [0.2, 0.25) is 0 Å². The standard InChI is InChI=1S/C29H24O3S/c1-27(2)25-26(33(27,30)31)29(22-15-7-4-8-16-22)24-18-20-12-10-9-11-19(20)17-23(24)28(25,32-29)21-13-5-3-6-14-21/h3-18,25-26H,1-2H3/t25-,26+,28-,29-/m0/s1. The number of fused-ring (bicyclic) bond motifs is 9. The largest absolute Gasteiger partial charge is 0.348 e. The van der Waals surface area contributed by atoms with E-state index in [1.807, 2.05) is 74.5 Å². The first kappa shape index (κ1) is 19.5. The lowest BCUT2D eigenvalue weighted by Crippen LogP contribution is -2.70. The van der Waals surface area contributed by atoms with Crippen LogP contribution in [0.25, 0.3) is 10.8 Å². The summed E-state index contributed by atoms with van der Waals surface area (Å²) >= 11 is 0. The minimum Gasteiger partial charge on any atom is -0.348 e. The van der Waals surface area contributed by atoms with Gasteiger partial charge in [0.25, 0.3) is 0 Å². The van der Waals surface area contributed by atoms with Gasteiger partial charge >= 0.3 is 0 Å². The summed E-state index contributed by atoms with van der Waals surface area (Å²) < 4.78 is 34.1. The lowest BCUT2D eigenvalue weighted by atomic mass is 9.61. The van der Waals surface area contributed by atoms with Crippen LogP contribution < -0.4 is 0 Å². The third-order valence-electron chi connectivity index (χ3n) is 8.37. The highest BCUT2D eigenvalue weighted by Gasteiger charge is 2.85. The summed E-state index contributed by atoms with van der Waals surface area (Å²) in [7, 11) is -3.44. The first-order valence-electron chi connectivity index (χ1n) is 11.4. The first-order chi connectivity index (χ1) is 15.8. The number of ether oxygens (including phenoxy) is 1. The van der Waals surface area contributed by atoms with Crippen molar-refractivity contribution in [3.8, 4) is 0 Å². The predicted molar refractivity (Wildman–Crippen MR) is 130 cm³/mol. The van der Waals surface area contributed by atoms with Gasteiger partial charge in [0.15, 0.2) is 9.84 Å². The van der Waals surface area contributed by atoms with Gasteiger partial charge in [-0.05, 0) is 59.0 Å². The van der Waals surface area contributed by atoms with Gasteiger partial charge in [0.05, 0.1) is 4.75 Å². The number of rotatable bonds is 2. The second-order valence-corrected chi connectivity index (χ2v) is 12.7. The van der Waals surface area contributed by atoms with Gasteiger partial charge < -0.3 is 4.74 Å². The SMILES string of the molecule is CC1(C)[C@@H]2[C@H]([C@@]3(c4ccccc4)O[C@@]2(c2ccccc2)c2cc4ccccc4cc23)S1(=O)=O. The summed E-state index contributed by atoms with van der Waals surface area (Å²) in [5, 5.41) is 1.61. The zero-order valence-corrected chi connectivity index (χ0v) is 19.3. The topological polar surface area (TPSA) is 43.4 Å². The highest BCUT2D eigenvalue weighted by molar-refractivity contribution is 7.95. The van der Waals surface area contributed by atoms with Crippen molar-refractivity contribution < 1.29 is 13.2 Å². The van der Waals surface area contributed by atoms with E-state index in [0.29, 0.717) is 0 Å². The van der Waals surface area contributed by atoms with Gasteiger partial charge in [-0.1, -0.05) is 84.9 Å². The molecule has 4 aromatic rings. The third kappa shape index (κ3) is 2.00. The predicted octanol–water partition coefficient (Wildman–Crippen LogP) is 5.56. The van der Waals surface area contributed by atoms with Crippen molar-refractivity contribution in [2.75, 3.05) is 0 Å². The molecule has 0 amide bonds. The van der Waals surface area contributed by atoms with E-state index in [-0.39, 0.29) is 5.92 Å². The lowest BCUT2D eigenvalue weighted by molar-refractivity contribution is -0.0516. The molecule has 7 rings (SSSR count). The molecule has 0 N–H and O–H groups in total. The van der Waals surface area contributed by atoms with Crippen LogP contribution in [0.15, 0.2) is 97.1 Å². The summed E-state index contributed by atoms with van der Waals surface area (Å²) in [6.45, 7) is 3.75. The molecule has 3 aliphatic rings. The minimum atomic E-state index is -3.44. The number of hydrogen-bond acceptors (Lipinski definition) is 3. The molecule has 164 valence electrons. The number of benzene rings is 4. The molecular formula is C29H24O3S. The third-order valence-corrected chi connectivity index (χ3v) is 11.4. The summed E-state index contributed by atoms with van der Waals surface area (Å²) in [6.07, 6.45) is 0. The molecule has 2 fully saturated rings. The molecule has 3 nitrogen and oxygen atoms in total. The van der Waals surface area contributed by atoms with Crippen molar-refractivity contribution in [1.29, 1.82) is 0 Å². The zero-order valence-electron chi connectivity index (χ0n) is 18.5. The Labute approximate surface area is 194 Å². The maximum absolute atomic E-state index is 13.9. The Kier molecular flexibility index (Phi) is 3.51. The molecule has 33 heavy (non-hydrogen) atoms. The van der Waals surface area contributed by atoms with Gasteiger partial charge in [-0.2, -0.15) is 0 Å². The van der Waals surface area contributed by atoms with Crippen LogP contribution >= 0.6 is 0 Å². The van der Waals surface area contributed by atoms with Crippen molar-refractivity contribution in [2.45, 2.75) is 35.0 Å². The molecule has 0 aliphatic carbocycles. The van der Waals surface area contributed by atoms with Crippen LogP contribution in [0.5, 0.6) is 0 Å². The highest BCUT2D eigenvalue weighted by Crippen LogP contribution is 2.75. The van der Waals surface area contributed by atoms with Crippen molar-refractivity contribution in [3.63, 3.8) is 0 Å². The Hall–Kier alpha value is -2.95. The Morgan fingerprint density at radius 3 is 1.67 bits per heavy atom. The van der Waals surface area contributed by atoms with Crippen molar-refractivity contribution in [3.05, 3.63) is 119 Å². The molecule has 0 radical (unpaired) electrons. The molecule has 3 aliphatic heterocycles. The van der Waals surface area contributed by atoms with E-state index in [0.717, 1.165) is 33.0 Å². The molecule has 2 bridgehead atoms. The maximum Gasteiger partial charge on any atom is 0.162 e. The van der Waals surface area contributed by atoms with E-state index in [1.54, 1.807) is 0 Å². The molecule has 4 heteroatoms. The number of sulfone groups is 1. The maximum atomic E-state index is 13.9. The van der Waals surface area contributed by atoms with E-state index < -0.39 is 31.0 Å². The normalized spacial score (nSPS) is 32.2.